The number of halogens is 1. The van der Waals surface area contributed by atoms with Crippen molar-refractivity contribution in [2.75, 3.05) is 0 Å². The van der Waals surface area contributed by atoms with Crippen LogP contribution in [0.5, 0.6) is 5.75 Å². The zero-order valence-corrected chi connectivity index (χ0v) is 18.3. The maximum atomic E-state index is 11.3. The Morgan fingerprint density at radius 2 is 1.62 bits per heavy atom. The van der Waals surface area contributed by atoms with Crippen LogP contribution >= 0.6 is 12.4 Å². The Hall–Kier alpha value is -3.83. The van der Waals surface area contributed by atoms with Gasteiger partial charge in [-0.25, -0.2) is 9.78 Å². The lowest BCUT2D eigenvalue weighted by atomic mass is 9.99. The maximum Gasteiger partial charge on any atom is 0.335 e. The topological polar surface area (TPSA) is 86.2 Å². The molecule has 160 valence electrons. The van der Waals surface area contributed by atoms with Gasteiger partial charge in [-0.1, -0.05) is 42.5 Å². The van der Waals surface area contributed by atoms with Crippen LogP contribution in [0.25, 0.3) is 44.3 Å². The number of fused-ring (bicyclic) bond motifs is 3. The highest BCUT2D eigenvalue weighted by Gasteiger charge is 2.15. The second kappa shape index (κ2) is 8.02. The lowest BCUT2D eigenvalue weighted by Gasteiger charge is -2.07. The first-order valence-corrected chi connectivity index (χ1v) is 9.97. The number of carboxylic acids is 1. The number of carboxylic acid groups (broad SMARTS) is 1. The van der Waals surface area contributed by atoms with E-state index in [0.717, 1.165) is 22.2 Å². The summed E-state index contributed by atoms with van der Waals surface area (Å²) in [6.07, 6.45) is 0. The first-order chi connectivity index (χ1) is 14.9. The SMILES string of the molecule is Cc1ccc(-c2cccc(-c3nc4c(ccc5cc(C(=O)O)cc(O)c54)[nH]3)c2)cc1C.Cl. The van der Waals surface area contributed by atoms with Crippen LogP contribution in [0.4, 0.5) is 0 Å². The van der Waals surface area contributed by atoms with E-state index in [0.29, 0.717) is 22.1 Å². The summed E-state index contributed by atoms with van der Waals surface area (Å²) in [6.45, 7) is 4.21. The van der Waals surface area contributed by atoms with Gasteiger partial charge in [0.05, 0.1) is 16.5 Å². The van der Waals surface area contributed by atoms with Crippen molar-refractivity contribution >= 4 is 40.2 Å². The summed E-state index contributed by atoms with van der Waals surface area (Å²) in [7, 11) is 0. The maximum absolute atomic E-state index is 11.3. The van der Waals surface area contributed by atoms with Gasteiger partial charge in [0.1, 0.15) is 17.1 Å². The van der Waals surface area contributed by atoms with Crippen LogP contribution in [0.2, 0.25) is 0 Å². The molecule has 0 atom stereocenters. The number of phenols is 1. The largest absolute Gasteiger partial charge is 0.507 e. The molecular weight excluding hydrogens is 424 g/mol. The van der Waals surface area contributed by atoms with E-state index in [9.17, 15) is 15.0 Å². The van der Waals surface area contributed by atoms with Crippen LogP contribution < -0.4 is 0 Å². The zero-order chi connectivity index (χ0) is 21.7. The number of aromatic nitrogens is 2. The third kappa shape index (κ3) is 3.57. The number of aromatic amines is 1. The van der Waals surface area contributed by atoms with Gasteiger partial charge in [-0.15, -0.1) is 12.4 Å². The molecule has 0 bridgehead atoms. The molecule has 0 radical (unpaired) electrons. The van der Waals surface area contributed by atoms with Gasteiger partial charge in [0.25, 0.3) is 0 Å². The number of carbonyl (C=O) groups is 1. The monoisotopic (exact) mass is 444 g/mol. The van der Waals surface area contributed by atoms with E-state index in [1.807, 2.05) is 18.2 Å². The highest BCUT2D eigenvalue weighted by molar-refractivity contribution is 6.10. The highest BCUT2D eigenvalue weighted by atomic mass is 35.5. The fraction of sp³-hybridized carbons (Fsp3) is 0.0769. The summed E-state index contributed by atoms with van der Waals surface area (Å²) in [5.41, 5.74) is 7.10. The lowest BCUT2D eigenvalue weighted by Crippen LogP contribution is -1.95. The van der Waals surface area contributed by atoms with Crippen LogP contribution in [0.15, 0.2) is 66.7 Å². The minimum Gasteiger partial charge on any atom is -0.507 e. The van der Waals surface area contributed by atoms with Crippen molar-refractivity contribution in [2.24, 2.45) is 0 Å². The molecule has 0 aliphatic rings. The van der Waals surface area contributed by atoms with Crippen LogP contribution in [0.1, 0.15) is 21.5 Å². The summed E-state index contributed by atoms with van der Waals surface area (Å²) in [5, 5.41) is 20.9. The number of aromatic hydroxyl groups is 1. The first kappa shape index (κ1) is 21.4. The number of hydrogen-bond donors (Lipinski definition) is 3. The average molecular weight is 445 g/mol. The predicted octanol–water partition coefficient (Wildman–Crippen LogP) is 6.49. The number of H-pyrrole nitrogens is 1. The van der Waals surface area contributed by atoms with Crippen molar-refractivity contribution in [3.8, 4) is 28.3 Å². The number of hydrogen-bond acceptors (Lipinski definition) is 3. The molecule has 32 heavy (non-hydrogen) atoms. The summed E-state index contributed by atoms with van der Waals surface area (Å²) in [6, 6.07) is 21.0. The van der Waals surface area contributed by atoms with Crippen molar-refractivity contribution in [1.29, 1.82) is 0 Å². The first-order valence-electron chi connectivity index (χ1n) is 9.97. The van der Waals surface area contributed by atoms with Crippen molar-refractivity contribution < 1.29 is 15.0 Å². The van der Waals surface area contributed by atoms with E-state index in [1.54, 1.807) is 12.1 Å². The van der Waals surface area contributed by atoms with Crippen LogP contribution in [0.3, 0.4) is 0 Å². The molecule has 0 saturated carbocycles. The fourth-order valence-corrected chi connectivity index (χ4v) is 3.94. The molecule has 0 spiro atoms. The van der Waals surface area contributed by atoms with Gasteiger partial charge >= 0.3 is 5.97 Å². The van der Waals surface area contributed by atoms with E-state index in [1.165, 1.54) is 17.2 Å². The number of nitrogens with one attached hydrogen (secondary N) is 1. The summed E-state index contributed by atoms with van der Waals surface area (Å²) in [5.74, 6) is -0.486. The fourth-order valence-electron chi connectivity index (χ4n) is 3.94. The standard InChI is InChI=1S/C26H20N2O3.ClH/c1-14-6-7-17(10-15(14)2)16-4-3-5-19(11-16)25-27-21-9-8-18-12-20(26(30)31)13-22(29)23(18)24(21)28-25;/h3-13,29H,1-2H3,(H,27,28)(H,30,31);1H. The van der Waals surface area contributed by atoms with E-state index in [2.05, 4.69) is 49.2 Å². The van der Waals surface area contributed by atoms with Crippen molar-refractivity contribution in [3.63, 3.8) is 0 Å². The molecule has 5 aromatic rings. The number of benzene rings is 4. The molecule has 0 amide bonds. The Morgan fingerprint density at radius 3 is 2.38 bits per heavy atom. The Bertz CT molecular complexity index is 1500. The van der Waals surface area contributed by atoms with Gasteiger partial charge in [0.2, 0.25) is 0 Å². The lowest BCUT2D eigenvalue weighted by molar-refractivity contribution is 0.0696. The number of aromatic carboxylic acids is 1. The van der Waals surface area contributed by atoms with E-state index in [-0.39, 0.29) is 23.7 Å². The van der Waals surface area contributed by atoms with E-state index >= 15 is 0 Å². The van der Waals surface area contributed by atoms with Crippen LogP contribution in [-0.2, 0) is 0 Å². The molecule has 0 fully saturated rings. The molecule has 0 aliphatic heterocycles. The Kier molecular flexibility index (Phi) is 5.36. The summed E-state index contributed by atoms with van der Waals surface area (Å²) in [4.78, 5) is 19.4. The van der Waals surface area contributed by atoms with Gasteiger partial charge in [0, 0.05) is 5.56 Å². The van der Waals surface area contributed by atoms with Gasteiger partial charge in [-0.3, -0.25) is 0 Å². The van der Waals surface area contributed by atoms with Crippen molar-refractivity contribution in [2.45, 2.75) is 13.8 Å². The third-order valence-corrected chi connectivity index (χ3v) is 5.77. The Balaban J connectivity index is 0.00000245. The number of phenolic OH excluding ortho intramolecular Hbond substituents is 1. The Morgan fingerprint density at radius 1 is 0.875 bits per heavy atom. The normalized spacial score (nSPS) is 10.9. The van der Waals surface area contributed by atoms with Crippen molar-refractivity contribution in [1.82, 2.24) is 9.97 Å². The second-order valence-electron chi connectivity index (χ2n) is 7.83. The molecule has 0 saturated heterocycles. The highest BCUT2D eigenvalue weighted by Crippen LogP contribution is 2.34. The second-order valence-corrected chi connectivity index (χ2v) is 7.83. The van der Waals surface area contributed by atoms with E-state index < -0.39 is 5.97 Å². The molecule has 1 heterocycles. The number of rotatable bonds is 3. The smallest absolute Gasteiger partial charge is 0.335 e. The third-order valence-electron chi connectivity index (χ3n) is 5.77. The molecule has 5 nitrogen and oxygen atoms in total. The van der Waals surface area contributed by atoms with Gasteiger partial charge in [0.15, 0.2) is 0 Å². The molecule has 5 rings (SSSR count). The summed E-state index contributed by atoms with van der Waals surface area (Å²) < 4.78 is 0. The molecule has 0 aliphatic carbocycles. The van der Waals surface area contributed by atoms with E-state index in [4.69, 9.17) is 4.98 Å². The Labute approximate surface area is 190 Å². The molecule has 4 aromatic carbocycles. The average Bonchev–Trinajstić information content (AvgIpc) is 3.20. The number of aryl methyl sites for hydroxylation is 2. The number of nitrogens with zero attached hydrogens (tertiary/aromatic N) is 1. The molecule has 6 heteroatoms. The van der Waals surface area contributed by atoms with Crippen molar-refractivity contribution in [3.05, 3.63) is 83.4 Å². The molecule has 0 unspecified atom stereocenters. The zero-order valence-electron chi connectivity index (χ0n) is 17.5. The van der Waals surface area contributed by atoms with Crippen LogP contribution in [0, 0.1) is 13.8 Å². The summed E-state index contributed by atoms with van der Waals surface area (Å²) >= 11 is 0. The minimum atomic E-state index is -1.08. The van der Waals surface area contributed by atoms with Gasteiger partial charge in [-0.2, -0.15) is 0 Å². The van der Waals surface area contributed by atoms with Crippen LogP contribution in [-0.4, -0.2) is 26.2 Å². The predicted molar refractivity (Wildman–Crippen MR) is 130 cm³/mol. The van der Waals surface area contributed by atoms with Gasteiger partial charge in [-0.05, 0) is 65.8 Å². The molecule has 3 N–H and O–H groups in total. The minimum absolute atomic E-state index is 0. The van der Waals surface area contributed by atoms with Gasteiger partial charge < -0.3 is 15.2 Å². The molecular formula is C26H21ClN2O3. The number of imidazole rings is 1. The quantitative estimate of drug-likeness (QED) is 0.296. The molecule has 1 aromatic heterocycles.